The third-order valence-electron chi connectivity index (χ3n) is 4.28. The first-order valence-corrected chi connectivity index (χ1v) is 8.27. The normalized spacial score (nSPS) is 17.4. The fourth-order valence-corrected chi connectivity index (χ4v) is 3.12. The predicted molar refractivity (Wildman–Crippen MR) is 97.0 cm³/mol. The number of pyridine rings is 1. The van der Waals surface area contributed by atoms with Gasteiger partial charge in [0, 0.05) is 18.3 Å². The maximum absolute atomic E-state index is 12.0. The summed E-state index contributed by atoms with van der Waals surface area (Å²) in [6.45, 7) is 2.40. The van der Waals surface area contributed by atoms with Crippen LogP contribution in [0.2, 0.25) is 0 Å². The number of primary amides is 1. The molecule has 0 radical (unpaired) electrons. The van der Waals surface area contributed by atoms with Crippen molar-refractivity contribution in [2.75, 3.05) is 14.2 Å². The van der Waals surface area contributed by atoms with Crippen LogP contribution in [0.25, 0.3) is 11.1 Å². The quantitative estimate of drug-likeness (QED) is 0.825. The van der Waals surface area contributed by atoms with Gasteiger partial charge in [-0.05, 0) is 36.4 Å². The van der Waals surface area contributed by atoms with Crippen molar-refractivity contribution in [1.82, 2.24) is 15.5 Å². The molecule has 136 valence electrons. The number of aromatic nitrogens is 1. The zero-order valence-corrected chi connectivity index (χ0v) is 15.0. The highest BCUT2D eigenvalue weighted by Gasteiger charge is 2.39. The van der Waals surface area contributed by atoms with Gasteiger partial charge in [-0.25, -0.2) is 0 Å². The van der Waals surface area contributed by atoms with Crippen LogP contribution in [-0.2, 0) is 21.0 Å². The van der Waals surface area contributed by atoms with Gasteiger partial charge in [-0.15, -0.1) is 0 Å². The van der Waals surface area contributed by atoms with E-state index < -0.39 is 11.9 Å². The highest BCUT2D eigenvalue weighted by atomic mass is 17.0. The molecule has 0 aliphatic carbocycles. The van der Waals surface area contributed by atoms with Crippen LogP contribution in [0, 0.1) is 0 Å². The van der Waals surface area contributed by atoms with Crippen LogP contribution in [0.15, 0.2) is 53.9 Å². The molecule has 1 unspecified atom stereocenters. The van der Waals surface area contributed by atoms with Gasteiger partial charge in [-0.2, -0.15) is 0 Å². The SMILES string of the molecule is CNCc1ccc(-c2ccccc2C2C(C(N)=O)=C(C)ON2OC)cn1. The maximum atomic E-state index is 12.0. The Morgan fingerprint density at radius 1 is 1.35 bits per heavy atom. The Hall–Kier alpha value is -2.74. The van der Waals surface area contributed by atoms with Crippen molar-refractivity contribution >= 4 is 5.91 Å². The lowest BCUT2D eigenvalue weighted by atomic mass is 9.91. The summed E-state index contributed by atoms with van der Waals surface area (Å²) in [5.41, 5.74) is 9.64. The van der Waals surface area contributed by atoms with Gasteiger partial charge < -0.3 is 15.9 Å². The van der Waals surface area contributed by atoms with E-state index in [0.717, 1.165) is 22.4 Å². The minimum absolute atomic E-state index is 0.374. The van der Waals surface area contributed by atoms with Gasteiger partial charge >= 0.3 is 0 Å². The molecule has 1 aromatic heterocycles. The van der Waals surface area contributed by atoms with Crippen molar-refractivity contribution in [3.63, 3.8) is 0 Å². The Kier molecular flexibility index (Phi) is 5.32. The molecule has 0 saturated carbocycles. The largest absolute Gasteiger partial charge is 0.384 e. The van der Waals surface area contributed by atoms with Gasteiger partial charge in [-0.3, -0.25) is 14.6 Å². The topological polar surface area (TPSA) is 89.7 Å². The smallest absolute Gasteiger partial charge is 0.250 e. The van der Waals surface area contributed by atoms with E-state index >= 15 is 0 Å². The number of hydrogen-bond acceptors (Lipinski definition) is 6. The highest BCUT2D eigenvalue weighted by molar-refractivity contribution is 5.94. The lowest BCUT2D eigenvalue weighted by Crippen LogP contribution is -2.27. The number of hydrogen-bond donors (Lipinski definition) is 2. The molecule has 0 fully saturated rings. The van der Waals surface area contributed by atoms with Crippen LogP contribution in [0.5, 0.6) is 0 Å². The maximum Gasteiger partial charge on any atom is 0.250 e. The van der Waals surface area contributed by atoms with E-state index in [9.17, 15) is 4.79 Å². The second-order valence-electron chi connectivity index (χ2n) is 5.95. The van der Waals surface area contributed by atoms with Crippen LogP contribution in [0.4, 0.5) is 0 Å². The zero-order valence-electron chi connectivity index (χ0n) is 15.0. The molecule has 7 nitrogen and oxygen atoms in total. The van der Waals surface area contributed by atoms with E-state index in [0.29, 0.717) is 17.9 Å². The summed E-state index contributed by atoms with van der Waals surface area (Å²) in [5, 5.41) is 4.36. The van der Waals surface area contributed by atoms with Crippen LogP contribution >= 0.6 is 0 Å². The van der Waals surface area contributed by atoms with Crippen LogP contribution in [0.3, 0.4) is 0 Å². The first-order valence-electron chi connectivity index (χ1n) is 8.27. The van der Waals surface area contributed by atoms with E-state index in [1.165, 1.54) is 12.3 Å². The minimum atomic E-state index is -0.550. The van der Waals surface area contributed by atoms with E-state index in [1.807, 2.05) is 49.6 Å². The molecular formula is C19H22N4O3. The summed E-state index contributed by atoms with van der Waals surface area (Å²) >= 11 is 0. The number of nitrogens with one attached hydrogen (secondary N) is 1. The Balaban J connectivity index is 2.07. The molecule has 1 atom stereocenters. The highest BCUT2D eigenvalue weighted by Crippen LogP contribution is 2.41. The van der Waals surface area contributed by atoms with E-state index in [1.54, 1.807) is 6.92 Å². The number of carbonyl (C=O) groups is 1. The third-order valence-corrected chi connectivity index (χ3v) is 4.28. The molecule has 1 aliphatic rings. The molecule has 1 amide bonds. The molecule has 7 heteroatoms. The molecular weight excluding hydrogens is 332 g/mol. The van der Waals surface area contributed by atoms with Crippen molar-refractivity contribution < 1.29 is 14.5 Å². The third kappa shape index (κ3) is 3.32. The molecule has 2 aromatic rings. The van der Waals surface area contributed by atoms with Crippen molar-refractivity contribution in [2.24, 2.45) is 5.73 Å². The van der Waals surface area contributed by atoms with Gasteiger partial charge in [0.2, 0.25) is 5.91 Å². The minimum Gasteiger partial charge on any atom is -0.384 e. The Morgan fingerprint density at radius 2 is 2.12 bits per heavy atom. The number of rotatable bonds is 6. The number of nitrogens with zero attached hydrogens (tertiary/aromatic N) is 2. The van der Waals surface area contributed by atoms with Crippen molar-refractivity contribution in [1.29, 1.82) is 0 Å². The number of allylic oxidation sites excluding steroid dienone is 1. The van der Waals surface area contributed by atoms with E-state index in [4.69, 9.17) is 15.4 Å². The number of nitrogens with two attached hydrogens (primary N) is 1. The number of benzene rings is 1. The fourth-order valence-electron chi connectivity index (χ4n) is 3.12. The Labute approximate surface area is 152 Å². The van der Waals surface area contributed by atoms with Gasteiger partial charge in [0.1, 0.15) is 11.8 Å². The lowest BCUT2D eigenvalue weighted by molar-refractivity contribution is -0.339. The standard InChI is InChI=1S/C19H22N4O3/c1-12-17(19(20)24)18(23(25-3)26-12)16-7-5-4-6-15(16)13-8-9-14(11-21-2)22-10-13/h4-10,18,21H,11H2,1-3H3,(H2,20,24). The summed E-state index contributed by atoms with van der Waals surface area (Å²) in [4.78, 5) is 27.4. The van der Waals surface area contributed by atoms with Gasteiger partial charge in [0.15, 0.2) is 0 Å². The first kappa shape index (κ1) is 18.1. The zero-order chi connectivity index (χ0) is 18.7. The Morgan fingerprint density at radius 3 is 2.73 bits per heavy atom. The van der Waals surface area contributed by atoms with Gasteiger partial charge in [0.05, 0.1) is 18.4 Å². The predicted octanol–water partition coefficient (Wildman–Crippen LogP) is 2.08. The van der Waals surface area contributed by atoms with Crippen LogP contribution in [-0.4, -0.2) is 30.3 Å². The summed E-state index contributed by atoms with van der Waals surface area (Å²) in [6, 6.07) is 11.2. The number of amides is 1. The van der Waals surface area contributed by atoms with Gasteiger partial charge in [0.25, 0.3) is 0 Å². The molecule has 0 spiro atoms. The monoisotopic (exact) mass is 354 g/mol. The summed E-state index contributed by atoms with van der Waals surface area (Å²) < 4.78 is 0. The van der Waals surface area contributed by atoms with Gasteiger partial charge in [-0.1, -0.05) is 30.3 Å². The molecule has 1 aromatic carbocycles. The van der Waals surface area contributed by atoms with Crippen molar-refractivity contribution in [3.8, 4) is 11.1 Å². The molecule has 0 bridgehead atoms. The van der Waals surface area contributed by atoms with Crippen LogP contribution in [0.1, 0.15) is 24.2 Å². The van der Waals surface area contributed by atoms with E-state index in [2.05, 4.69) is 10.3 Å². The van der Waals surface area contributed by atoms with Crippen LogP contribution < -0.4 is 11.1 Å². The summed E-state index contributed by atoms with van der Waals surface area (Å²) in [6.07, 6.45) is 1.82. The lowest BCUT2D eigenvalue weighted by Gasteiger charge is -2.23. The number of carbonyl (C=O) groups excluding carboxylic acids is 1. The average Bonchev–Trinajstić information content (AvgIpc) is 2.99. The average molecular weight is 354 g/mol. The van der Waals surface area contributed by atoms with Crippen molar-refractivity contribution in [2.45, 2.75) is 19.5 Å². The molecule has 0 saturated heterocycles. The molecule has 2 heterocycles. The molecule has 3 N–H and O–H groups in total. The second kappa shape index (κ2) is 7.65. The van der Waals surface area contributed by atoms with Crippen molar-refractivity contribution in [3.05, 3.63) is 65.2 Å². The fraction of sp³-hybridized carbons (Fsp3) is 0.263. The molecule has 1 aliphatic heterocycles. The summed E-state index contributed by atoms with van der Waals surface area (Å²) in [5.74, 6) is -0.106. The summed E-state index contributed by atoms with van der Waals surface area (Å²) in [7, 11) is 3.37. The first-order chi connectivity index (χ1) is 12.6. The molecule has 26 heavy (non-hydrogen) atoms. The van der Waals surface area contributed by atoms with E-state index in [-0.39, 0.29) is 0 Å². The Bertz CT molecular complexity index is 833. The number of hydroxylamine groups is 2. The molecule has 3 rings (SSSR count). The second-order valence-corrected chi connectivity index (χ2v) is 5.95.